The molecule has 0 atom stereocenters. The van der Waals surface area contributed by atoms with Gasteiger partial charge in [-0.1, -0.05) is 41.1 Å². The van der Waals surface area contributed by atoms with Gasteiger partial charge in [-0.3, -0.25) is 0 Å². The first-order valence-corrected chi connectivity index (χ1v) is 8.15. The van der Waals surface area contributed by atoms with Gasteiger partial charge in [-0.05, 0) is 30.7 Å². The Balaban J connectivity index is 1.98. The summed E-state index contributed by atoms with van der Waals surface area (Å²) in [7, 11) is 0. The largest absolute Gasteiger partial charge is 0.316 e. The van der Waals surface area contributed by atoms with Crippen LogP contribution in [0.15, 0.2) is 22.7 Å². The van der Waals surface area contributed by atoms with E-state index in [2.05, 4.69) is 45.3 Å². The van der Waals surface area contributed by atoms with Gasteiger partial charge in [-0.2, -0.15) is 0 Å². The predicted octanol–water partition coefficient (Wildman–Crippen LogP) is 3.89. The monoisotopic (exact) mass is 357 g/mol. The first-order valence-electron chi connectivity index (χ1n) is 6.54. The average Bonchev–Trinajstić information content (AvgIpc) is 2.82. The van der Waals surface area contributed by atoms with Gasteiger partial charge in [0.15, 0.2) is 0 Å². The van der Waals surface area contributed by atoms with Crippen molar-refractivity contribution in [1.29, 1.82) is 0 Å². The lowest BCUT2D eigenvalue weighted by molar-refractivity contribution is 0.553. The van der Waals surface area contributed by atoms with Gasteiger partial charge in [0.1, 0.15) is 15.8 Å². The quantitative estimate of drug-likeness (QED) is 0.796. The normalized spacial score (nSPS) is 11.2. The lowest BCUT2D eigenvalue weighted by atomic mass is 10.2. The van der Waals surface area contributed by atoms with Crippen LogP contribution in [0.3, 0.4) is 0 Å². The van der Waals surface area contributed by atoms with E-state index in [0.717, 1.165) is 35.1 Å². The molecule has 2 rings (SSSR count). The van der Waals surface area contributed by atoms with Gasteiger partial charge < -0.3 is 5.32 Å². The van der Waals surface area contributed by atoms with Crippen molar-refractivity contribution in [2.24, 2.45) is 5.92 Å². The molecule has 0 unspecified atom stereocenters. The molecule has 20 heavy (non-hydrogen) atoms. The number of nitrogens with zero attached hydrogens (tertiary/aromatic N) is 2. The fourth-order valence-corrected chi connectivity index (χ4v) is 3.03. The molecule has 0 bridgehead atoms. The number of hydrogen-bond donors (Lipinski definition) is 1. The molecule has 1 heterocycles. The van der Waals surface area contributed by atoms with Gasteiger partial charge in [0.2, 0.25) is 0 Å². The number of rotatable bonds is 6. The van der Waals surface area contributed by atoms with E-state index in [1.807, 2.05) is 6.07 Å². The maximum Gasteiger partial charge on any atom is 0.147 e. The van der Waals surface area contributed by atoms with Crippen molar-refractivity contribution in [3.05, 3.63) is 33.5 Å². The zero-order valence-corrected chi connectivity index (χ0v) is 13.9. The van der Waals surface area contributed by atoms with Crippen LogP contribution in [-0.4, -0.2) is 23.3 Å². The highest BCUT2D eigenvalue weighted by Crippen LogP contribution is 2.27. The van der Waals surface area contributed by atoms with Gasteiger partial charge >= 0.3 is 0 Å². The fraction of sp³-hybridized carbons (Fsp3) is 0.429. The minimum absolute atomic E-state index is 0.273. The van der Waals surface area contributed by atoms with Gasteiger partial charge in [-0.15, -0.1) is 10.2 Å². The maximum atomic E-state index is 13.4. The molecular weight excluding hydrogens is 341 g/mol. The average molecular weight is 358 g/mol. The van der Waals surface area contributed by atoms with E-state index in [1.165, 1.54) is 23.5 Å². The molecule has 6 heteroatoms. The van der Waals surface area contributed by atoms with Gasteiger partial charge in [-0.25, -0.2) is 4.39 Å². The van der Waals surface area contributed by atoms with E-state index >= 15 is 0 Å². The third-order valence-electron chi connectivity index (χ3n) is 2.64. The van der Waals surface area contributed by atoms with Crippen LogP contribution in [0.2, 0.25) is 0 Å². The van der Waals surface area contributed by atoms with E-state index in [-0.39, 0.29) is 5.82 Å². The van der Waals surface area contributed by atoms with Crippen molar-refractivity contribution in [3.8, 4) is 10.6 Å². The van der Waals surface area contributed by atoms with E-state index in [9.17, 15) is 4.39 Å². The lowest BCUT2D eigenvalue weighted by Gasteiger charge is -2.05. The number of nitrogens with one attached hydrogen (secondary N) is 1. The van der Waals surface area contributed by atoms with Crippen LogP contribution >= 0.6 is 27.3 Å². The summed E-state index contributed by atoms with van der Waals surface area (Å²) < 4.78 is 14.1. The van der Waals surface area contributed by atoms with Crippen LogP contribution in [0.25, 0.3) is 10.6 Å². The molecule has 0 amide bonds. The molecule has 0 spiro atoms. The second-order valence-corrected chi connectivity index (χ2v) is 6.98. The third kappa shape index (κ3) is 4.61. The first-order chi connectivity index (χ1) is 9.54. The molecule has 2 aromatic rings. The molecule has 1 aromatic carbocycles. The Kier molecular flexibility index (Phi) is 5.63. The number of halogens is 2. The van der Waals surface area contributed by atoms with Crippen molar-refractivity contribution in [1.82, 2.24) is 15.5 Å². The Labute approximate surface area is 130 Å². The number of aromatic nitrogens is 2. The van der Waals surface area contributed by atoms with E-state index in [1.54, 1.807) is 0 Å². The summed E-state index contributed by atoms with van der Waals surface area (Å²) in [5, 5.41) is 13.4. The van der Waals surface area contributed by atoms with Crippen LogP contribution in [0.5, 0.6) is 0 Å². The highest BCUT2D eigenvalue weighted by molar-refractivity contribution is 9.10. The molecule has 0 aliphatic carbocycles. The number of hydrogen-bond acceptors (Lipinski definition) is 4. The Bertz CT molecular complexity index is 551. The molecule has 0 saturated carbocycles. The van der Waals surface area contributed by atoms with Crippen molar-refractivity contribution >= 4 is 27.3 Å². The highest BCUT2D eigenvalue weighted by atomic mass is 79.9. The van der Waals surface area contributed by atoms with Gasteiger partial charge in [0.25, 0.3) is 0 Å². The molecular formula is C14H17BrFN3S. The Morgan fingerprint density at radius 2 is 2.10 bits per heavy atom. The van der Waals surface area contributed by atoms with Crippen molar-refractivity contribution in [2.45, 2.75) is 20.3 Å². The molecule has 0 saturated heterocycles. The van der Waals surface area contributed by atoms with Crippen LogP contribution in [0.4, 0.5) is 4.39 Å². The van der Waals surface area contributed by atoms with Gasteiger partial charge in [0, 0.05) is 23.0 Å². The smallest absolute Gasteiger partial charge is 0.147 e. The zero-order chi connectivity index (χ0) is 14.5. The summed E-state index contributed by atoms with van der Waals surface area (Å²) in [6.07, 6.45) is 0.848. The number of benzene rings is 1. The van der Waals surface area contributed by atoms with Crippen molar-refractivity contribution in [2.75, 3.05) is 13.1 Å². The minimum atomic E-state index is -0.273. The predicted molar refractivity (Wildman–Crippen MR) is 84.4 cm³/mol. The molecule has 3 nitrogen and oxygen atoms in total. The third-order valence-corrected chi connectivity index (χ3v) is 4.13. The Morgan fingerprint density at radius 3 is 2.80 bits per heavy atom. The zero-order valence-electron chi connectivity index (χ0n) is 11.5. The summed E-state index contributed by atoms with van der Waals surface area (Å²) in [6, 6.07) is 4.76. The van der Waals surface area contributed by atoms with E-state index in [0.29, 0.717) is 10.4 Å². The summed E-state index contributed by atoms with van der Waals surface area (Å²) in [5.41, 5.74) is 0.760. The van der Waals surface area contributed by atoms with Crippen molar-refractivity contribution in [3.63, 3.8) is 0 Å². The lowest BCUT2D eigenvalue weighted by Crippen LogP contribution is -2.22. The molecule has 0 radical (unpaired) electrons. The van der Waals surface area contributed by atoms with E-state index < -0.39 is 0 Å². The highest BCUT2D eigenvalue weighted by Gasteiger charge is 2.08. The van der Waals surface area contributed by atoms with Crippen LogP contribution < -0.4 is 5.32 Å². The maximum absolute atomic E-state index is 13.4. The summed E-state index contributed by atoms with van der Waals surface area (Å²) >= 11 is 4.80. The molecule has 0 aliphatic heterocycles. The van der Waals surface area contributed by atoms with Crippen LogP contribution in [0, 0.1) is 11.7 Å². The standard InChI is InChI=1S/C14H17BrFN3S/c1-9(2)8-17-4-3-13-18-19-14(20-13)10-5-11(15)7-12(16)6-10/h5-7,9,17H,3-4,8H2,1-2H3. The van der Waals surface area contributed by atoms with Gasteiger partial charge in [0.05, 0.1) is 0 Å². The van der Waals surface area contributed by atoms with Crippen LogP contribution in [0.1, 0.15) is 18.9 Å². The fourth-order valence-electron chi connectivity index (χ4n) is 1.73. The Morgan fingerprint density at radius 1 is 1.30 bits per heavy atom. The summed E-state index contributed by atoms with van der Waals surface area (Å²) in [6.45, 7) is 6.25. The second-order valence-electron chi connectivity index (χ2n) is 5.01. The van der Waals surface area contributed by atoms with Crippen LogP contribution in [-0.2, 0) is 6.42 Å². The molecule has 0 aliphatic rings. The Hall–Kier alpha value is -0.850. The molecule has 1 N–H and O–H groups in total. The minimum Gasteiger partial charge on any atom is -0.316 e. The molecule has 108 valence electrons. The second kappa shape index (κ2) is 7.24. The topological polar surface area (TPSA) is 37.8 Å². The molecule has 0 fully saturated rings. The van der Waals surface area contributed by atoms with E-state index in [4.69, 9.17) is 0 Å². The van der Waals surface area contributed by atoms with Crippen molar-refractivity contribution < 1.29 is 4.39 Å². The molecule has 1 aromatic heterocycles. The SMILES string of the molecule is CC(C)CNCCc1nnc(-c2cc(F)cc(Br)c2)s1. The first kappa shape index (κ1) is 15.5. The summed E-state index contributed by atoms with van der Waals surface area (Å²) in [4.78, 5) is 0. The summed E-state index contributed by atoms with van der Waals surface area (Å²) in [5.74, 6) is 0.370.